The second kappa shape index (κ2) is 7.88. The second-order valence-corrected chi connectivity index (χ2v) is 5.42. The Morgan fingerprint density at radius 2 is 2.00 bits per heavy atom. The molecule has 0 aliphatic carbocycles. The molecule has 0 radical (unpaired) electrons. The minimum Gasteiger partial charge on any atom is -0.397 e. The van der Waals surface area contributed by atoms with E-state index in [4.69, 9.17) is 10.5 Å². The summed E-state index contributed by atoms with van der Waals surface area (Å²) in [5, 5.41) is 2.80. The van der Waals surface area contributed by atoms with Crippen molar-refractivity contribution in [1.82, 2.24) is 5.32 Å². The monoisotopic (exact) mass is 291 g/mol. The van der Waals surface area contributed by atoms with Crippen molar-refractivity contribution < 1.29 is 9.53 Å². The molecule has 1 aromatic rings. The van der Waals surface area contributed by atoms with E-state index in [0.29, 0.717) is 24.4 Å². The van der Waals surface area contributed by atoms with Crippen molar-refractivity contribution in [2.24, 2.45) is 0 Å². The highest BCUT2D eigenvalue weighted by Gasteiger charge is 2.14. The molecule has 1 amide bonds. The number of nitrogen functional groups attached to an aromatic ring is 1. The molecular weight excluding hydrogens is 266 g/mol. The molecule has 1 heterocycles. The molecule has 116 valence electrons. The van der Waals surface area contributed by atoms with Crippen molar-refractivity contribution >= 4 is 17.3 Å². The predicted octanol–water partition coefficient (Wildman–Crippen LogP) is 2.03. The van der Waals surface area contributed by atoms with E-state index in [1.165, 1.54) is 25.7 Å². The molecule has 3 N–H and O–H groups in total. The molecule has 5 nitrogen and oxygen atoms in total. The average Bonchev–Trinajstić information content (AvgIpc) is 2.76. The Morgan fingerprint density at radius 1 is 1.29 bits per heavy atom. The molecule has 1 aromatic carbocycles. The third-order valence-corrected chi connectivity index (χ3v) is 3.83. The van der Waals surface area contributed by atoms with Crippen LogP contribution in [0.5, 0.6) is 0 Å². The van der Waals surface area contributed by atoms with Gasteiger partial charge in [0.1, 0.15) is 0 Å². The van der Waals surface area contributed by atoms with E-state index in [-0.39, 0.29) is 5.91 Å². The minimum atomic E-state index is -0.110. The number of anilines is 2. The topological polar surface area (TPSA) is 67.6 Å². The fourth-order valence-electron chi connectivity index (χ4n) is 2.66. The van der Waals surface area contributed by atoms with Crippen molar-refractivity contribution in [3.05, 3.63) is 23.8 Å². The zero-order chi connectivity index (χ0) is 15.1. The summed E-state index contributed by atoms with van der Waals surface area (Å²) in [6.45, 7) is 3.10. The van der Waals surface area contributed by atoms with Crippen molar-refractivity contribution in [3.63, 3.8) is 0 Å². The van der Waals surface area contributed by atoms with E-state index in [1.54, 1.807) is 13.2 Å². The number of methoxy groups -OCH3 is 1. The summed E-state index contributed by atoms with van der Waals surface area (Å²) in [5.41, 5.74) is 8.47. The maximum Gasteiger partial charge on any atom is 0.251 e. The van der Waals surface area contributed by atoms with Crippen molar-refractivity contribution in [3.8, 4) is 0 Å². The maximum atomic E-state index is 12.0. The normalized spacial score (nSPS) is 15.6. The SMILES string of the molecule is COCCNC(=O)c1ccc(N2CCCCCC2)c(N)c1. The Balaban J connectivity index is 2.04. The quantitative estimate of drug-likeness (QED) is 0.643. The molecule has 1 aliphatic rings. The smallest absolute Gasteiger partial charge is 0.251 e. The van der Waals surface area contributed by atoms with Crippen LogP contribution in [-0.4, -0.2) is 39.3 Å². The van der Waals surface area contributed by atoms with Crippen LogP contribution in [0.2, 0.25) is 0 Å². The van der Waals surface area contributed by atoms with Gasteiger partial charge in [0.25, 0.3) is 5.91 Å². The summed E-state index contributed by atoms with van der Waals surface area (Å²) in [5.74, 6) is -0.110. The van der Waals surface area contributed by atoms with Crippen molar-refractivity contribution in [2.75, 3.05) is 44.0 Å². The van der Waals surface area contributed by atoms with Gasteiger partial charge in [-0.25, -0.2) is 0 Å². The van der Waals surface area contributed by atoms with Gasteiger partial charge in [0.2, 0.25) is 0 Å². The first-order valence-corrected chi connectivity index (χ1v) is 7.64. The highest BCUT2D eigenvalue weighted by atomic mass is 16.5. The Labute approximate surface area is 126 Å². The second-order valence-electron chi connectivity index (χ2n) is 5.42. The predicted molar refractivity (Wildman–Crippen MR) is 85.7 cm³/mol. The zero-order valence-electron chi connectivity index (χ0n) is 12.7. The number of benzene rings is 1. The summed E-state index contributed by atoms with van der Waals surface area (Å²) in [6.07, 6.45) is 4.99. The lowest BCUT2D eigenvalue weighted by atomic mass is 10.1. The lowest BCUT2D eigenvalue weighted by molar-refractivity contribution is 0.0937. The minimum absolute atomic E-state index is 0.110. The van der Waals surface area contributed by atoms with E-state index in [2.05, 4.69) is 10.2 Å². The summed E-state index contributed by atoms with van der Waals surface area (Å²) in [6, 6.07) is 5.58. The number of hydrogen-bond acceptors (Lipinski definition) is 4. The van der Waals surface area contributed by atoms with Gasteiger partial charge in [0.15, 0.2) is 0 Å². The van der Waals surface area contributed by atoms with Crippen LogP contribution in [0.1, 0.15) is 36.0 Å². The summed E-state index contributed by atoms with van der Waals surface area (Å²) >= 11 is 0. The molecular formula is C16H25N3O2. The molecule has 1 aliphatic heterocycles. The van der Waals surface area contributed by atoms with Crippen LogP contribution in [0.25, 0.3) is 0 Å². The van der Waals surface area contributed by atoms with Gasteiger partial charge in [-0.2, -0.15) is 0 Å². The van der Waals surface area contributed by atoms with Crippen LogP contribution in [0.15, 0.2) is 18.2 Å². The number of carbonyl (C=O) groups excluding carboxylic acids is 1. The molecule has 5 heteroatoms. The Bertz CT molecular complexity index is 469. The maximum absolute atomic E-state index is 12.0. The molecule has 1 fully saturated rings. The largest absolute Gasteiger partial charge is 0.397 e. The third-order valence-electron chi connectivity index (χ3n) is 3.83. The molecule has 0 spiro atoms. The van der Waals surface area contributed by atoms with Crippen molar-refractivity contribution in [1.29, 1.82) is 0 Å². The first-order valence-electron chi connectivity index (χ1n) is 7.64. The Morgan fingerprint density at radius 3 is 2.62 bits per heavy atom. The number of hydrogen-bond donors (Lipinski definition) is 2. The van der Waals surface area contributed by atoms with E-state index < -0.39 is 0 Å². The van der Waals surface area contributed by atoms with Crippen LogP contribution in [0.4, 0.5) is 11.4 Å². The molecule has 0 aromatic heterocycles. The summed E-state index contributed by atoms with van der Waals surface area (Å²) < 4.78 is 4.92. The molecule has 0 atom stereocenters. The van der Waals surface area contributed by atoms with Crippen LogP contribution >= 0.6 is 0 Å². The fraction of sp³-hybridized carbons (Fsp3) is 0.562. The molecule has 1 saturated heterocycles. The van der Waals surface area contributed by atoms with E-state index in [9.17, 15) is 4.79 Å². The van der Waals surface area contributed by atoms with Gasteiger partial charge in [-0.3, -0.25) is 4.79 Å². The number of ether oxygens (including phenoxy) is 1. The fourth-order valence-corrected chi connectivity index (χ4v) is 2.66. The molecule has 2 rings (SSSR count). The van der Waals surface area contributed by atoms with E-state index >= 15 is 0 Å². The molecule has 0 bridgehead atoms. The van der Waals surface area contributed by atoms with Gasteiger partial charge >= 0.3 is 0 Å². The van der Waals surface area contributed by atoms with Crippen molar-refractivity contribution in [2.45, 2.75) is 25.7 Å². The Hall–Kier alpha value is -1.75. The standard InChI is InChI=1S/C16H25N3O2/c1-21-11-8-18-16(20)13-6-7-15(14(17)12-13)19-9-4-2-3-5-10-19/h6-7,12H,2-5,8-11,17H2,1H3,(H,18,20). The lowest BCUT2D eigenvalue weighted by Crippen LogP contribution is -2.28. The van der Waals surface area contributed by atoms with Crippen LogP contribution in [-0.2, 0) is 4.74 Å². The first kappa shape index (κ1) is 15.6. The zero-order valence-corrected chi connectivity index (χ0v) is 12.7. The molecule has 0 unspecified atom stereocenters. The van der Waals surface area contributed by atoms with Crippen LogP contribution in [0.3, 0.4) is 0 Å². The molecule has 0 saturated carbocycles. The number of nitrogens with two attached hydrogens (primary N) is 1. The van der Waals surface area contributed by atoms with Gasteiger partial charge < -0.3 is 20.7 Å². The number of nitrogens with one attached hydrogen (secondary N) is 1. The highest BCUT2D eigenvalue weighted by molar-refractivity contribution is 5.96. The third kappa shape index (κ3) is 4.36. The summed E-state index contributed by atoms with van der Waals surface area (Å²) in [4.78, 5) is 14.3. The number of carbonyl (C=O) groups is 1. The number of amides is 1. The van der Waals surface area contributed by atoms with Gasteiger partial charge in [-0.15, -0.1) is 0 Å². The number of rotatable bonds is 5. The van der Waals surface area contributed by atoms with Crippen LogP contribution in [0, 0.1) is 0 Å². The van der Waals surface area contributed by atoms with E-state index in [1.807, 2.05) is 12.1 Å². The van der Waals surface area contributed by atoms with Gasteiger partial charge in [-0.05, 0) is 31.0 Å². The lowest BCUT2D eigenvalue weighted by Gasteiger charge is -2.24. The van der Waals surface area contributed by atoms with Gasteiger partial charge in [0, 0.05) is 32.3 Å². The van der Waals surface area contributed by atoms with Crippen LogP contribution < -0.4 is 16.0 Å². The van der Waals surface area contributed by atoms with E-state index in [0.717, 1.165) is 18.8 Å². The highest BCUT2D eigenvalue weighted by Crippen LogP contribution is 2.26. The van der Waals surface area contributed by atoms with Gasteiger partial charge in [-0.1, -0.05) is 12.8 Å². The average molecular weight is 291 g/mol. The first-order chi connectivity index (χ1) is 10.2. The van der Waals surface area contributed by atoms with Gasteiger partial charge in [0.05, 0.1) is 18.0 Å². The Kier molecular flexibility index (Phi) is 5.87. The summed E-state index contributed by atoms with van der Waals surface area (Å²) in [7, 11) is 1.61. The number of nitrogens with zero attached hydrogens (tertiary/aromatic N) is 1. The molecule has 21 heavy (non-hydrogen) atoms.